The molecule has 0 aromatic heterocycles. The summed E-state index contributed by atoms with van der Waals surface area (Å²) in [6.45, 7) is 4.14. The predicted molar refractivity (Wildman–Crippen MR) is 160 cm³/mol. The normalized spacial score (nSPS) is 21.8. The Morgan fingerprint density at radius 2 is 1.86 bits per heavy atom. The second-order valence-electron chi connectivity index (χ2n) is 11.0. The first-order valence-electron chi connectivity index (χ1n) is 15.2. The van der Waals surface area contributed by atoms with Crippen LogP contribution in [-0.4, -0.2) is 58.1 Å². The number of aryl methyl sites for hydroxylation is 1. The third-order valence-corrected chi connectivity index (χ3v) is 7.54. The molecule has 1 aromatic rings. The van der Waals surface area contributed by atoms with Gasteiger partial charge < -0.3 is 25.1 Å². The molecule has 0 saturated heterocycles. The lowest BCUT2D eigenvalue weighted by Crippen LogP contribution is -2.22. The van der Waals surface area contributed by atoms with Crippen LogP contribution in [0.4, 0.5) is 0 Å². The van der Waals surface area contributed by atoms with Crippen LogP contribution in [0.5, 0.6) is 0 Å². The van der Waals surface area contributed by atoms with E-state index in [2.05, 4.69) is 10.2 Å². The van der Waals surface area contributed by atoms with Crippen molar-refractivity contribution in [2.45, 2.75) is 109 Å². The number of aliphatic hydroxyl groups excluding tert-OH is 2. The molecule has 0 bridgehead atoms. The predicted octanol–water partition coefficient (Wildman–Crippen LogP) is 4.86. The summed E-state index contributed by atoms with van der Waals surface area (Å²) in [5.41, 5.74) is 1.12. The number of nitrogens with zero attached hydrogens (tertiary/aromatic N) is 1. The molecule has 10 nitrogen and oxygen atoms in total. The number of hydrogen-bond acceptors (Lipinski definition) is 8. The number of hydrogen-bond donors (Lipinski definition) is 3. The van der Waals surface area contributed by atoms with Crippen LogP contribution in [-0.2, 0) is 25.6 Å². The van der Waals surface area contributed by atoms with E-state index in [0.29, 0.717) is 51.5 Å². The summed E-state index contributed by atoms with van der Waals surface area (Å²) in [4.78, 5) is 39.2. The highest BCUT2D eigenvalue weighted by Gasteiger charge is 2.39. The maximum atomic E-state index is 12.7. The van der Waals surface area contributed by atoms with Crippen molar-refractivity contribution in [3.05, 3.63) is 70.3 Å². The average molecular weight is 589 g/mol. The van der Waals surface area contributed by atoms with Gasteiger partial charge in [-0.3, -0.25) is 9.59 Å². The number of carbonyl (C=O) groups is 2. The Morgan fingerprint density at radius 1 is 1.10 bits per heavy atom. The first kappa shape index (κ1) is 35.0. The molecule has 1 aromatic carbocycles. The summed E-state index contributed by atoms with van der Waals surface area (Å²) < 4.78 is 5.81. The number of unbranched alkanes of at least 4 members (excludes halogenated alkanes) is 2. The molecule has 1 saturated carbocycles. The van der Waals surface area contributed by atoms with Crippen LogP contribution in [0.3, 0.4) is 0 Å². The minimum atomic E-state index is -0.805. The van der Waals surface area contributed by atoms with Gasteiger partial charge in [-0.05, 0) is 76.4 Å². The summed E-state index contributed by atoms with van der Waals surface area (Å²) in [7, 11) is 0. The van der Waals surface area contributed by atoms with Gasteiger partial charge in [0.05, 0.1) is 12.2 Å². The third kappa shape index (κ3) is 14.1. The van der Waals surface area contributed by atoms with Gasteiger partial charge in [-0.2, -0.15) is 0 Å². The molecule has 2 rings (SSSR count). The number of ether oxygens (including phenoxy) is 1. The Morgan fingerprint density at radius 3 is 2.57 bits per heavy atom. The zero-order valence-corrected chi connectivity index (χ0v) is 24.9. The topological polar surface area (TPSA) is 148 Å². The van der Waals surface area contributed by atoms with Crippen molar-refractivity contribution >= 4 is 11.9 Å². The summed E-state index contributed by atoms with van der Waals surface area (Å²) in [5, 5.41) is 33.7. The van der Waals surface area contributed by atoms with Gasteiger partial charge in [0.25, 0.3) is 5.09 Å². The minimum absolute atomic E-state index is 0.0462. The van der Waals surface area contributed by atoms with Crippen LogP contribution in [0.1, 0.15) is 83.6 Å². The van der Waals surface area contributed by atoms with E-state index in [0.717, 1.165) is 18.4 Å². The van der Waals surface area contributed by atoms with Gasteiger partial charge in [0.1, 0.15) is 12.2 Å². The highest BCUT2D eigenvalue weighted by Crippen LogP contribution is 2.36. The van der Waals surface area contributed by atoms with Crippen molar-refractivity contribution in [1.29, 1.82) is 0 Å². The average Bonchev–Trinajstić information content (AvgIpc) is 3.21. The Balaban J connectivity index is 1.95. The van der Waals surface area contributed by atoms with Crippen LogP contribution in [0.25, 0.3) is 0 Å². The van der Waals surface area contributed by atoms with Crippen molar-refractivity contribution < 1.29 is 34.5 Å². The lowest BCUT2D eigenvalue weighted by Gasteiger charge is -2.21. The molecule has 42 heavy (non-hydrogen) atoms. The zero-order valence-electron chi connectivity index (χ0n) is 24.9. The van der Waals surface area contributed by atoms with Gasteiger partial charge >= 0.3 is 5.97 Å². The summed E-state index contributed by atoms with van der Waals surface area (Å²) >= 11 is 0. The maximum Gasteiger partial charge on any atom is 0.306 e. The van der Waals surface area contributed by atoms with E-state index >= 15 is 0 Å². The maximum absolute atomic E-state index is 12.7. The Labute approximate surface area is 249 Å². The molecule has 1 amide bonds. The fraction of sp³-hybridized carbons (Fsp3) is 0.625. The first-order chi connectivity index (χ1) is 20.2. The van der Waals surface area contributed by atoms with Gasteiger partial charge in [-0.1, -0.05) is 55.0 Å². The molecule has 6 atom stereocenters. The SMILES string of the molecule is CCNC(=O)CCC/C=C\C[C@@H]1[C@@H](/C=C/[C@H](CCc2ccccc2)OC(=O)CCCC[C@@H](C)O[N+](=O)[O-])[C@H](O)C[C@@H]1O. The van der Waals surface area contributed by atoms with Crippen molar-refractivity contribution in [3.63, 3.8) is 0 Å². The number of amides is 1. The monoisotopic (exact) mass is 588 g/mol. The lowest BCUT2D eigenvalue weighted by atomic mass is 9.89. The highest BCUT2D eigenvalue weighted by molar-refractivity contribution is 5.75. The van der Waals surface area contributed by atoms with E-state index < -0.39 is 29.5 Å². The van der Waals surface area contributed by atoms with Crippen LogP contribution in [0.15, 0.2) is 54.6 Å². The lowest BCUT2D eigenvalue weighted by molar-refractivity contribution is -0.767. The van der Waals surface area contributed by atoms with E-state index in [-0.39, 0.29) is 36.6 Å². The molecule has 1 fully saturated rings. The van der Waals surface area contributed by atoms with E-state index in [4.69, 9.17) is 4.74 Å². The van der Waals surface area contributed by atoms with E-state index in [1.165, 1.54) is 0 Å². The van der Waals surface area contributed by atoms with Gasteiger partial charge in [0, 0.05) is 31.7 Å². The van der Waals surface area contributed by atoms with Crippen molar-refractivity contribution in [2.75, 3.05) is 6.54 Å². The van der Waals surface area contributed by atoms with Crippen LogP contribution < -0.4 is 5.32 Å². The number of rotatable bonds is 20. The van der Waals surface area contributed by atoms with Crippen LogP contribution in [0.2, 0.25) is 0 Å². The van der Waals surface area contributed by atoms with Crippen LogP contribution in [0, 0.1) is 22.0 Å². The second-order valence-corrected chi connectivity index (χ2v) is 11.0. The Hall–Kier alpha value is -3.24. The molecule has 3 N–H and O–H groups in total. The number of nitrogens with one attached hydrogen (secondary N) is 1. The molecule has 0 unspecified atom stereocenters. The van der Waals surface area contributed by atoms with E-state index in [1.54, 1.807) is 6.92 Å². The molecule has 1 aliphatic carbocycles. The zero-order chi connectivity index (χ0) is 30.7. The summed E-state index contributed by atoms with van der Waals surface area (Å²) in [6.07, 6.45) is 11.4. The largest absolute Gasteiger partial charge is 0.458 e. The van der Waals surface area contributed by atoms with Crippen molar-refractivity contribution in [2.24, 2.45) is 11.8 Å². The fourth-order valence-electron chi connectivity index (χ4n) is 5.27. The summed E-state index contributed by atoms with van der Waals surface area (Å²) in [5.74, 6) is -0.741. The number of aliphatic hydroxyl groups is 2. The molecule has 234 valence electrons. The minimum Gasteiger partial charge on any atom is -0.458 e. The number of allylic oxidation sites excluding steroid dienone is 2. The fourth-order valence-corrected chi connectivity index (χ4v) is 5.27. The number of esters is 1. The van der Waals surface area contributed by atoms with E-state index in [1.807, 2.05) is 61.6 Å². The van der Waals surface area contributed by atoms with Gasteiger partial charge in [0.2, 0.25) is 5.91 Å². The van der Waals surface area contributed by atoms with Crippen molar-refractivity contribution in [1.82, 2.24) is 5.32 Å². The molecular weight excluding hydrogens is 540 g/mol. The quantitative estimate of drug-likeness (QED) is 0.0643. The molecule has 0 spiro atoms. The number of carbonyl (C=O) groups excluding carboxylic acids is 2. The highest BCUT2D eigenvalue weighted by atomic mass is 17.0. The third-order valence-electron chi connectivity index (χ3n) is 7.54. The number of benzene rings is 1. The molecular formula is C32H48N2O8. The van der Waals surface area contributed by atoms with E-state index in [9.17, 15) is 29.9 Å². The first-order valence-corrected chi connectivity index (χ1v) is 15.2. The standard InChI is InChI=1S/C32H48N2O8/c1-3-33-31(37)17-10-5-4-9-16-27-28(30(36)23-29(27)35)22-21-26(20-19-25-14-7-6-8-15-25)41-32(38)18-12-11-13-24(2)42-34(39)40/h4,6-9,14-15,21-22,24,26-30,35-36H,3,5,10-13,16-20,23H2,1-2H3,(H,33,37)/b9-4-,22-21+/t24-,26+,27-,28-,29+,30-/m1/s1. The Kier molecular flexibility index (Phi) is 16.5. The van der Waals surface area contributed by atoms with Crippen molar-refractivity contribution in [3.8, 4) is 0 Å². The smallest absolute Gasteiger partial charge is 0.306 e. The van der Waals surface area contributed by atoms with Gasteiger partial charge in [0.15, 0.2) is 0 Å². The Bertz CT molecular complexity index is 999. The molecule has 0 heterocycles. The molecule has 1 aliphatic rings. The molecule has 10 heteroatoms. The van der Waals surface area contributed by atoms with Gasteiger partial charge in [-0.25, -0.2) is 0 Å². The molecule has 0 radical (unpaired) electrons. The van der Waals surface area contributed by atoms with Crippen LogP contribution >= 0.6 is 0 Å². The van der Waals surface area contributed by atoms with Gasteiger partial charge in [-0.15, -0.1) is 10.1 Å². The summed E-state index contributed by atoms with van der Waals surface area (Å²) in [6, 6.07) is 9.91. The second kappa shape index (κ2) is 19.8. The molecule has 0 aliphatic heterocycles.